The van der Waals surface area contributed by atoms with E-state index in [1.807, 2.05) is 60.7 Å². The number of hydrogen-bond donors (Lipinski definition) is 2. The summed E-state index contributed by atoms with van der Waals surface area (Å²) in [4.78, 5) is 22.6. The van der Waals surface area contributed by atoms with Crippen molar-refractivity contribution in [3.05, 3.63) is 106 Å². The number of aromatic nitrogens is 2. The Balaban J connectivity index is 1.76. The molecule has 0 aliphatic heterocycles. The first kappa shape index (κ1) is 19.8. The molecule has 0 saturated heterocycles. The van der Waals surface area contributed by atoms with Crippen LogP contribution in [0.3, 0.4) is 0 Å². The molecule has 4 aromatic rings. The molecule has 0 aliphatic carbocycles. The predicted molar refractivity (Wildman–Crippen MR) is 122 cm³/mol. The van der Waals surface area contributed by atoms with Crippen LogP contribution in [0.4, 0.5) is 10.8 Å². The van der Waals surface area contributed by atoms with Gasteiger partial charge in [-0.05, 0) is 61.4 Å². The van der Waals surface area contributed by atoms with Gasteiger partial charge in [0.1, 0.15) is 10.8 Å². The number of anilines is 2. The summed E-state index contributed by atoms with van der Waals surface area (Å²) < 4.78 is 0. The van der Waals surface area contributed by atoms with Crippen LogP contribution in [0.25, 0.3) is 0 Å². The average Bonchev–Trinajstić information content (AvgIpc) is 3.07. The van der Waals surface area contributed by atoms with Gasteiger partial charge in [0.25, 0.3) is 5.91 Å². The Morgan fingerprint density at radius 1 is 0.933 bits per heavy atom. The highest BCUT2D eigenvalue weighted by molar-refractivity contribution is 7.16. The molecule has 2 N–H and O–H groups in total. The van der Waals surface area contributed by atoms with Gasteiger partial charge in [-0.3, -0.25) is 9.78 Å². The third-order valence-corrected chi connectivity index (χ3v) is 6.12. The fraction of sp³-hybridized carbons (Fsp3) is 0.125. The van der Waals surface area contributed by atoms with E-state index in [0.717, 1.165) is 32.4 Å². The smallest absolute Gasteiger partial charge is 0.256 e. The van der Waals surface area contributed by atoms with Crippen molar-refractivity contribution in [2.45, 2.75) is 19.9 Å². The minimum absolute atomic E-state index is 0.121. The lowest BCUT2D eigenvalue weighted by Crippen LogP contribution is -2.18. The molecule has 0 fully saturated rings. The first-order chi connectivity index (χ1) is 14.6. The van der Waals surface area contributed by atoms with Gasteiger partial charge < -0.3 is 10.6 Å². The third-order valence-electron chi connectivity index (χ3n) is 4.98. The summed E-state index contributed by atoms with van der Waals surface area (Å²) in [5, 5.41) is 7.50. The Morgan fingerprint density at radius 2 is 1.67 bits per heavy atom. The van der Waals surface area contributed by atoms with Gasteiger partial charge in [0, 0.05) is 34.6 Å². The molecule has 0 aliphatic rings. The zero-order valence-corrected chi connectivity index (χ0v) is 17.6. The molecule has 0 saturated carbocycles. The number of amides is 1. The summed E-state index contributed by atoms with van der Waals surface area (Å²) in [6, 6.07) is 18.8. The second kappa shape index (κ2) is 8.88. The van der Waals surface area contributed by atoms with Gasteiger partial charge in [0.2, 0.25) is 0 Å². The van der Waals surface area contributed by atoms with Crippen molar-refractivity contribution in [1.29, 1.82) is 0 Å². The fourth-order valence-electron chi connectivity index (χ4n) is 3.32. The van der Waals surface area contributed by atoms with Crippen molar-refractivity contribution < 1.29 is 4.79 Å². The zero-order chi connectivity index (χ0) is 20.9. The number of aryl methyl sites for hydroxylation is 1. The molecule has 1 atom stereocenters. The van der Waals surface area contributed by atoms with Crippen molar-refractivity contribution in [2.75, 3.05) is 10.6 Å². The van der Waals surface area contributed by atoms with E-state index in [9.17, 15) is 4.79 Å². The maximum atomic E-state index is 12.9. The van der Waals surface area contributed by atoms with Crippen LogP contribution in [0.15, 0.2) is 79.3 Å². The van der Waals surface area contributed by atoms with Crippen molar-refractivity contribution >= 4 is 28.1 Å². The number of pyridine rings is 2. The molecular formula is C24H22N4OS. The van der Waals surface area contributed by atoms with Crippen LogP contribution in [0.2, 0.25) is 0 Å². The first-order valence-corrected chi connectivity index (χ1v) is 10.5. The van der Waals surface area contributed by atoms with E-state index < -0.39 is 0 Å². The Kier molecular flexibility index (Phi) is 5.86. The molecule has 3 aromatic heterocycles. The van der Waals surface area contributed by atoms with E-state index in [-0.39, 0.29) is 11.9 Å². The summed E-state index contributed by atoms with van der Waals surface area (Å²) in [7, 11) is 0. The summed E-state index contributed by atoms with van der Waals surface area (Å²) in [6.45, 7) is 4.17. The number of hydrogen-bond acceptors (Lipinski definition) is 5. The SMILES string of the molecule is Cc1sc(NC(=O)c2ccccc2)c([C@H](Nc2ccccn2)c2ccncc2)c1C. The molecular weight excluding hydrogens is 392 g/mol. The number of nitrogens with one attached hydrogen (secondary N) is 2. The van der Waals surface area contributed by atoms with Gasteiger partial charge in [-0.25, -0.2) is 4.98 Å². The lowest BCUT2D eigenvalue weighted by atomic mass is 9.97. The number of nitrogens with zero attached hydrogens (tertiary/aromatic N) is 2. The Bertz CT molecular complexity index is 1130. The van der Waals surface area contributed by atoms with Gasteiger partial charge in [-0.1, -0.05) is 24.3 Å². The number of rotatable bonds is 6. The van der Waals surface area contributed by atoms with E-state index in [0.29, 0.717) is 5.56 Å². The quantitative estimate of drug-likeness (QED) is 0.430. The van der Waals surface area contributed by atoms with E-state index >= 15 is 0 Å². The van der Waals surface area contributed by atoms with E-state index in [1.54, 1.807) is 29.9 Å². The Labute approximate surface area is 179 Å². The average molecular weight is 415 g/mol. The minimum Gasteiger partial charge on any atom is -0.359 e. The molecule has 0 bridgehead atoms. The molecule has 30 heavy (non-hydrogen) atoms. The third kappa shape index (κ3) is 4.23. The monoisotopic (exact) mass is 414 g/mol. The molecule has 1 amide bonds. The lowest BCUT2D eigenvalue weighted by Gasteiger charge is -2.22. The summed E-state index contributed by atoms with van der Waals surface area (Å²) in [5.74, 6) is 0.646. The van der Waals surface area contributed by atoms with Crippen LogP contribution in [-0.4, -0.2) is 15.9 Å². The number of thiophene rings is 1. The number of carbonyl (C=O) groups excluding carboxylic acids is 1. The molecule has 0 spiro atoms. The molecule has 6 heteroatoms. The summed E-state index contributed by atoms with van der Waals surface area (Å²) >= 11 is 1.59. The van der Waals surface area contributed by atoms with Crippen LogP contribution >= 0.6 is 11.3 Å². The van der Waals surface area contributed by atoms with Crippen molar-refractivity contribution in [3.63, 3.8) is 0 Å². The summed E-state index contributed by atoms with van der Waals surface area (Å²) in [6.07, 6.45) is 5.31. The maximum absolute atomic E-state index is 12.9. The largest absolute Gasteiger partial charge is 0.359 e. The predicted octanol–water partition coefficient (Wildman–Crippen LogP) is 5.61. The van der Waals surface area contributed by atoms with Gasteiger partial charge in [-0.2, -0.15) is 0 Å². The highest BCUT2D eigenvalue weighted by Gasteiger charge is 2.25. The standard InChI is InChI=1S/C24H22N4OS/c1-16-17(2)30-24(28-23(29)19-8-4-3-5-9-19)21(16)22(18-11-14-25-15-12-18)27-20-10-6-7-13-26-20/h3-15,22H,1-2H3,(H,26,27)(H,28,29)/t22-/m1/s1. The Hall–Kier alpha value is -3.51. The number of benzene rings is 1. The van der Waals surface area contributed by atoms with Crippen LogP contribution < -0.4 is 10.6 Å². The second-order valence-corrected chi connectivity index (χ2v) is 8.14. The van der Waals surface area contributed by atoms with Gasteiger partial charge in [0.05, 0.1) is 6.04 Å². The van der Waals surface area contributed by atoms with Gasteiger partial charge >= 0.3 is 0 Å². The van der Waals surface area contributed by atoms with Crippen LogP contribution in [0.5, 0.6) is 0 Å². The van der Waals surface area contributed by atoms with Gasteiger partial charge in [-0.15, -0.1) is 11.3 Å². The van der Waals surface area contributed by atoms with Crippen molar-refractivity contribution in [3.8, 4) is 0 Å². The van der Waals surface area contributed by atoms with E-state index in [1.165, 1.54) is 0 Å². The first-order valence-electron chi connectivity index (χ1n) is 9.67. The second-order valence-electron chi connectivity index (χ2n) is 6.92. The number of carbonyl (C=O) groups is 1. The maximum Gasteiger partial charge on any atom is 0.256 e. The molecule has 0 radical (unpaired) electrons. The molecule has 5 nitrogen and oxygen atoms in total. The zero-order valence-electron chi connectivity index (χ0n) is 16.8. The van der Waals surface area contributed by atoms with E-state index in [4.69, 9.17) is 0 Å². The topological polar surface area (TPSA) is 66.9 Å². The molecule has 3 heterocycles. The van der Waals surface area contributed by atoms with E-state index in [2.05, 4.69) is 34.4 Å². The molecule has 4 rings (SSSR count). The van der Waals surface area contributed by atoms with Crippen LogP contribution in [-0.2, 0) is 0 Å². The summed E-state index contributed by atoms with van der Waals surface area (Å²) in [5.41, 5.74) is 3.87. The van der Waals surface area contributed by atoms with Crippen molar-refractivity contribution in [1.82, 2.24) is 9.97 Å². The van der Waals surface area contributed by atoms with Crippen molar-refractivity contribution in [2.24, 2.45) is 0 Å². The molecule has 0 unspecified atom stereocenters. The normalized spacial score (nSPS) is 11.7. The van der Waals surface area contributed by atoms with Crippen LogP contribution in [0.1, 0.15) is 38.0 Å². The lowest BCUT2D eigenvalue weighted by molar-refractivity contribution is 0.102. The van der Waals surface area contributed by atoms with Crippen LogP contribution in [0, 0.1) is 13.8 Å². The molecule has 1 aromatic carbocycles. The Morgan fingerprint density at radius 3 is 2.37 bits per heavy atom. The highest BCUT2D eigenvalue weighted by Crippen LogP contribution is 2.40. The highest BCUT2D eigenvalue weighted by atomic mass is 32.1. The fourth-order valence-corrected chi connectivity index (χ4v) is 4.42. The minimum atomic E-state index is -0.182. The van der Waals surface area contributed by atoms with Gasteiger partial charge in [0.15, 0.2) is 0 Å². The molecule has 150 valence electrons.